The lowest BCUT2D eigenvalue weighted by atomic mass is 10.0. The van der Waals surface area contributed by atoms with E-state index < -0.39 is 0 Å². The summed E-state index contributed by atoms with van der Waals surface area (Å²) in [5.41, 5.74) is 27.5. The maximum atomic E-state index is 2.45. The van der Waals surface area contributed by atoms with Gasteiger partial charge in [-0.2, -0.15) is 0 Å². The summed E-state index contributed by atoms with van der Waals surface area (Å²) in [6.45, 7) is 0. The summed E-state index contributed by atoms with van der Waals surface area (Å²) >= 11 is 0. The van der Waals surface area contributed by atoms with Crippen LogP contribution in [0, 0.1) is 0 Å². The Hall–Kier alpha value is -12.5. The van der Waals surface area contributed by atoms with Gasteiger partial charge in [0.2, 0.25) is 0 Å². The van der Waals surface area contributed by atoms with Gasteiger partial charge in [0.05, 0.1) is 22.1 Å². The summed E-state index contributed by atoms with van der Waals surface area (Å²) in [5, 5.41) is 4.78. The van der Waals surface area contributed by atoms with Gasteiger partial charge in [-0.25, -0.2) is 0 Å². The van der Waals surface area contributed by atoms with Crippen molar-refractivity contribution in [2.24, 2.45) is 0 Å². The molecule has 0 fully saturated rings. The van der Waals surface area contributed by atoms with E-state index in [9.17, 15) is 0 Å². The SMILES string of the molecule is c1ccc(-c2ccc(N(c3ccc(-c4ccccc4)cc3)c3ccc(-c4ccc5c(c4)c4cc6c(cc4n5-c4ccccc4)c4cc(-c5ccc(N(c7ccc(-c8ccccc8)cc7)c7ccc(-c8ccccc8)cc7)cc5)ccc4n6-c4ccccc4)cc3)cc2)cc1. The molecule has 0 aliphatic heterocycles. The molecular weight excluding hydrogens is 1140 g/mol. The normalized spacial score (nSPS) is 11.4. The predicted molar refractivity (Wildman–Crippen MR) is 397 cm³/mol. The largest absolute Gasteiger partial charge is 0.311 e. The lowest BCUT2D eigenvalue weighted by Gasteiger charge is -2.26. The number of anilines is 6. The monoisotopic (exact) mass is 1200 g/mol. The average molecular weight is 1200 g/mol. The molecule has 0 unspecified atom stereocenters. The molecule has 0 atom stereocenters. The molecule has 0 saturated heterocycles. The van der Waals surface area contributed by atoms with Crippen molar-refractivity contribution in [1.82, 2.24) is 9.13 Å². The van der Waals surface area contributed by atoms with Gasteiger partial charge >= 0.3 is 0 Å². The van der Waals surface area contributed by atoms with Crippen LogP contribution in [0.4, 0.5) is 34.1 Å². The van der Waals surface area contributed by atoms with Gasteiger partial charge in [0, 0.05) is 67.0 Å². The van der Waals surface area contributed by atoms with Crippen molar-refractivity contribution in [3.63, 3.8) is 0 Å². The van der Waals surface area contributed by atoms with Crippen LogP contribution in [0.3, 0.4) is 0 Å². The highest BCUT2D eigenvalue weighted by Gasteiger charge is 2.22. The smallest absolute Gasteiger partial charge is 0.0548 e. The average Bonchev–Trinajstić information content (AvgIpc) is 1.55. The Kier molecular flexibility index (Phi) is 14.2. The lowest BCUT2D eigenvalue weighted by molar-refractivity contribution is 1.17. The van der Waals surface area contributed by atoms with Crippen molar-refractivity contribution in [2.75, 3.05) is 9.80 Å². The van der Waals surface area contributed by atoms with Gasteiger partial charge in [-0.1, -0.05) is 243 Å². The summed E-state index contributed by atoms with van der Waals surface area (Å²) in [7, 11) is 0. The van der Waals surface area contributed by atoms with Gasteiger partial charge in [-0.05, 0) is 200 Å². The molecule has 0 aliphatic carbocycles. The zero-order valence-corrected chi connectivity index (χ0v) is 51.6. The van der Waals surface area contributed by atoms with Crippen molar-refractivity contribution in [1.29, 1.82) is 0 Å². The third-order valence-corrected chi connectivity index (χ3v) is 18.5. The fourth-order valence-corrected chi connectivity index (χ4v) is 13.8. The highest BCUT2D eigenvalue weighted by molar-refractivity contribution is 6.20. The van der Waals surface area contributed by atoms with Gasteiger partial charge in [-0.15, -0.1) is 0 Å². The minimum Gasteiger partial charge on any atom is -0.311 e. The number of rotatable bonds is 14. The molecule has 2 aromatic heterocycles. The summed E-state index contributed by atoms with van der Waals surface area (Å²) in [6.07, 6.45) is 0. The van der Waals surface area contributed by atoms with Crippen LogP contribution < -0.4 is 9.80 Å². The van der Waals surface area contributed by atoms with Gasteiger partial charge in [-0.3, -0.25) is 0 Å². The van der Waals surface area contributed by atoms with Crippen LogP contribution in [0.5, 0.6) is 0 Å². The standard InChI is InChI=1S/C90H62N4/c1-7-19-63(20-8-1)67-31-45-77(46-32-67)91(78-47-33-68(34-48-78)64-21-9-2-10-22-64)81-53-39-71(40-54-81)73-43-57-87-83(59-73)85-61-90-86(62-89(85)93(87)75-27-15-5-16-28-75)84-60-74(44-58-88(84)94(90)76-29-17-6-18-30-76)72-41-55-82(56-42-72)92(79-49-35-69(36-50-79)65-23-11-3-12-24-65)80-51-37-70(38-52-80)66-25-13-4-14-26-66/h1-62H. The van der Waals surface area contributed by atoms with Crippen LogP contribution in [-0.2, 0) is 0 Å². The van der Waals surface area contributed by atoms with Crippen LogP contribution in [-0.4, -0.2) is 9.13 Å². The van der Waals surface area contributed by atoms with E-state index in [-0.39, 0.29) is 0 Å². The third-order valence-electron chi connectivity index (χ3n) is 18.5. The van der Waals surface area contributed by atoms with Gasteiger partial charge in [0.25, 0.3) is 0 Å². The number of para-hydroxylation sites is 2. The zero-order chi connectivity index (χ0) is 62.3. The summed E-state index contributed by atoms with van der Waals surface area (Å²) in [5.74, 6) is 0. The first-order chi connectivity index (χ1) is 46.6. The number of hydrogen-bond donors (Lipinski definition) is 0. The molecule has 442 valence electrons. The first kappa shape index (κ1) is 55.6. The van der Waals surface area contributed by atoms with Crippen molar-refractivity contribution in [3.8, 4) is 78.1 Å². The van der Waals surface area contributed by atoms with E-state index in [0.29, 0.717) is 0 Å². The van der Waals surface area contributed by atoms with Crippen LogP contribution in [0.15, 0.2) is 376 Å². The molecule has 0 N–H and O–H groups in total. The highest BCUT2D eigenvalue weighted by Crippen LogP contribution is 2.45. The van der Waals surface area contributed by atoms with Crippen molar-refractivity contribution < 1.29 is 0 Å². The summed E-state index contributed by atoms with van der Waals surface area (Å²) < 4.78 is 4.90. The molecule has 4 heteroatoms. The van der Waals surface area contributed by atoms with Gasteiger partial charge < -0.3 is 18.9 Å². The zero-order valence-electron chi connectivity index (χ0n) is 51.6. The number of hydrogen-bond acceptors (Lipinski definition) is 2. The van der Waals surface area contributed by atoms with Crippen molar-refractivity contribution in [3.05, 3.63) is 376 Å². The Balaban J connectivity index is 0.757. The van der Waals surface area contributed by atoms with Gasteiger partial charge in [0.15, 0.2) is 0 Å². The fourth-order valence-electron chi connectivity index (χ4n) is 13.8. The molecule has 2 heterocycles. The van der Waals surface area contributed by atoms with E-state index in [0.717, 1.165) is 89.8 Å². The van der Waals surface area contributed by atoms with Crippen molar-refractivity contribution in [2.45, 2.75) is 0 Å². The van der Waals surface area contributed by atoms with E-state index in [1.54, 1.807) is 0 Å². The fraction of sp³-hybridized carbons (Fsp3) is 0. The Morgan fingerprint density at radius 3 is 0.585 bits per heavy atom. The molecule has 0 aliphatic rings. The molecule has 0 saturated carbocycles. The van der Waals surface area contributed by atoms with E-state index in [1.165, 1.54) is 66.1 Å². The minimum absolute atomic E-state index is 1.08. The molecule has 4 nitrogen and oxygen atoms in total. The lowest BCUT2D eigenvalue weighted by Crippen LogP contribution is -2.09. The quantitative estimate of drug-likeness (QED) is 0.108. The number of aromatic nitrogens is 2. The molecular formula is C90H62N4. The maximum Gasteiger partial charge on any atom is 0.0548 e. The van der Waals surface area contributed by atoms with E-state index >= 15 is 0 Å². The first-order valence-corrected chi connectivity index (χ1v) is 32.2. The van der Waals surface area contributed by atoms with Crippen LogP contribution in [0.25, 0.3) is 122 Å². The maximum absolute atomic E-state index is 2.45. The van der Waals surface area contributed by atoms with Crippen molar-refractivity contribution >= 4 is 77.7 Å². The second-order valence-electron chi connectivity index (χ2n) is 24.1. The van der Waals surface area contributed by atoms with Crippen LogP contribution in [0.2, 0.25) is 0 Å². The Bertz CT molecular complexity index is 4980. The van der Waals surface area contributed by atoms with E-state index in [2.05, 4.69) is 395 Å². The van der Waals surface area contributed by atoms with Crippen LogP contribution >= 0.6 is 0 Å². The third kappa shape index (κ3) is 10.4. The Morgan fingerprint density at radius 2 is 0.340 bits per heavy atom. The number of fused-ring (bicyclic) bond motifs is 6. The summed E-state index contributed by atoms with van der Waals surface area (Å²) in [6, 6.07) is 137. The molecule has 17 rings (SSSR count). The van der Waals surface area contributed by atoms with E-state index in [4.69, 9.17) is 0 Å². The molecule has 0 radical (unpaired) electrons. The minimum atomic E-state index is 1.08. The molecule has 0 bridgehead atoms. The molecule has 17 aromatic rings. The molecule has 0 amide bonds. The Labute approximate surface area is 547 Å². The number of nitrogens with zero attached hydrogens (tertiary/aromatic N) is 4. The van der Waals surface area contributed by atoms with Crippen LogP contribution in [0.1, 0.15) is 0 Å². The summed E-state index contributed by atoms with van der Waals surface area (Å²) in [4.78, 5) is 4.71. The highest BCUT2D eigenvalue weighted by atomic mass is 15.1. The molecule has 0 spiro atoms. The first-order valence-electron chi connectivity index (χ1n) is 32.2. The predicted octanol–water partition coefficient (Wildman–Crippen LogP) is 24.8. The van der Waals surface area contributed by atoms with E-state index in [1.807, 2.05) is 0 Å². The number of benzene rings is 15. The topological polar surface area (TPSA) is 16.3 Å². The molecule has 15 aromatic carbocycles. The Morgan fingerprint density at radius 1 is 0.149 bits per heavy atom. The second-order valence-corrected chi connectivity index (χ2v) is 24.1. The van der Waals surface area contributed by atoms with Gasteiger partial charge in [0.1, 0.15) is 0 Å². The second kappa shape index (κ2) is 24.0. The molecule has 94 heavy (non-hydrogen) atoms.